The molecule has 24 heavy (non-hydrogen) atoms. The third kappa shape index (κ3) is 4.21. The molecule has 0 N–H and O–H groups in total. The zero-order valence-electron chi connectivity index (χ0n) is 13.5. The average molecular weight is 364 g/mol. The molecule has 128 valence electrons. The van der Waals surface area contributed by atoms with Crippen LogP contribution in [0.15, 0.2) is 36.7 Å². The highest BCUT2D eigenvalue weighted by Gasteiger charge is 2.35. The fourth-order valence-corrected chi connectivity index (χ4v) is 5.57. The predicted octanol–water partition coefficient (Wildman–Crippen LogP) is 2.42. The van der Waals surface area contributed by atoms with Gasteiger partial charge < -0.3 is 4.90 Å². The molecule has 1 saturated heterocycles. The summed E-state index contributed by atoms with van der Waals surface area (Å²) >= 11 is 1.66. The highest BCUT2D eigenvalue weighted by Crippen LogP contribution is 2.24. The molecule has 0 bridgehead atoms. The van der Waals surface area contributed by atoms with Crippen LogP contribution in [0.2, 0.25) is 0 Å². The van der Waals surface area contributed by atoms with Crippen LogP contribution < -0.4 is 0 Å². The minimum atomic E-state index is -3.07. The van der Waals surface area contributed by atoms with Gasteiger partial charge in [-0.05, 0) is 43.2 Å². The Balaban J connectivity index is 1.79. The van der Waals surface area contributed by atoms with E-state index in [0.29, 0.717) is 19.5 Å². The van der Waals surface area contributed by atoms with Crippen molar-refractivity contribution in [2.75, 3.05) is 11.5 Å². The maximum Gasteiger partial charge on any atom is 0.227 e. The highest BCUT2D eigenvalue weighted by molar-refractivity contribution is 7.91. The first-order chi connectivity index (χ1) is 11.4. The number of nitrogens with zero attached hydrogens (tertiary/aromatic N) is 2. The van der Waals surface area contributed by atoms with Crippen LogP contribution in [0.3, 0.4) is 0 Å². The smallest absolute Gasteiger partial charge is 0.227 e. The van der Waals surface area contributed by atoms with Gasteiger partial charge in [-0.2, -0.15) is 0 Å². The Morgan fingerprint density at radius 2 is 2.00 bits per heavy atom. The second kappa shape index (κ2) is 7.03. The van der Waals surface area contributed by atoms with Crippen LogP contribution in [-0.4, -0.2) is 35.7 Å². The lowest BCUT2D eigenvalue weighted by atomic mass is 10.1. The third-order valence-corrected chi connectivity index (χ3v) is 6.91. The zero-order valence-corrected chi connectivity index (χ0v) is 15.1. The van der Waals surface area contributed by atoms with Gasteiger partial charge in [0.15, 0.2) is 9.84 Å². The van der Waals surface area contributed by atoms with Crippen molar-refractivity contribution in [3.63, 3.8) is 0 Å². The summed E-state index contributed by atoms with van der Waals surface area (Å²) < 4.78 is 23.4. The van der Waals surface area contributed by atoms with Crippen molar-refractivity contribution in [3.05, 3.63) is 52.0 Å². The van der Waals surface area contributed by atoms with Gasteiger partial charge in [0.05, 0.1) is 24.0 Å². The molecule has 1 amide bonds. The van der Waals surface area contributed by atoms with Gasteiger partial charge in [0, 0.05) is 28.7 Å². The number of aromatic nitrogens is 1. The molecule has 0 radical (unpaired) electrons. The Hall–Kier alpha value is -1.73. The fraction of sp³-hybridized carbons (Fsp3) is 0.412. The summed E-state index contributed by atoms with van der Waals surface area (Å²) in [4.78, 5) is 21.0. The number of sulfone groups is 1. The van der Waals surface area contributed by atoms with E-state index in [2.05, 4.69) is 4.98 Å². The van der Waals surface area contributed by atoms with Crippen LogP contribution in [0.4, 0.5) is 0 Å². The Labute approximate surface area is 146 Å². The van der Waals surface area contributed by atoms with Gasteiger partial charge in [-0.3, -0.25) is 9.78 Å². The van der Waals surface area contributed by atoms with Crippen LogP contribution in [-0.2, 0) is 27.7 Å². The third-order valence-electron chi connectivity index (χ3n) is 4.16. The number of carbonyl (C=O) groups is 1. The van der Waals surface area contributed by atoms with Crippen molar-refractivity contribution in [3.8, 4) is 0 Å². The first kappa shape index (κ1) is 17.1. The van der Waals surface area contributed by atoms with E-state index in [4.69, 9.17) is 0 Å². The van der Waals surface area contributed by atoms with Gasteiger partial charge in [-0.1, -0.05) is 0 Å². The second-order valence-electron chi connectivity index (χ2n) is 6.16. The van der Waals surface area contributed by atoms with Crippen molar-refractivity contribution < 1.29 is 13.2 Å². The molecular formula is C17H20N2O3S2. The van der Waals surface area contributed by atoms with E-state index in [1.807, 2.05) is 31.2 Å². The van der Waals surface area contributed by atoms with E-state index in [0.717, 1.165) is 10.4 Å². The van der Waals surface area contributed by atoms with Gasteiger partial charge >= 0.3 is 0 Å². The molecule has 7 heteroatoms. The molecule has 5 nitrogen and oxygen atoms in total. The SMILES string of the molecule is Cc1ccc(CN(Cc2ccncc2)C(=O)C2CCS(=O)(=O)C2)s1. The number of amides is 1. The molecule has 0 aliphatic carbocycles. The number of thiophene rings is 1. The number of carbonyl (C=O) groups excluding carboxylic acids is 1. The summed E-state index contributed by atoms with van der Waals surface area (Å²) in [6.45, 7) is 3.01. The number of hydrogen-bond donors (Lipinski definition) is 0. The molecule has 2 aromatic heterocycles. The summed E-state index contributed by atoms with van der Waals surface area (Å²) in [6.07, 6.45) is 3.83. The number of pyridine rings is 1. The monoisotopic (exact) mass is 364 g/mol. The van der Waals surface area contributed by atoms with E-state index in [9.17, 15) is 13.2 Å². The van der Waals surface area contributed by atoms with E-state index in [-0.39, 0.29) is 17.4 Å². The molecule has 3 rings (SSSR count). The molecule has 1 fully saturated rings. The van der Waals surface area contributed by atoms with Gasteiger partial charge in [-0.15, -0.1) is 11.3 Å². The van der Waals surface area contributed by atoms with E-state index in [1.54, 1.807) is 28.6 Å². The van der Waals surface area contributed by atoms with Gasteiger partial charge in [-0.25, -0.2) is 8.42 Å². The lowest BCUT2D eigenvalue weighted by Crippen LogP contribution is -2.35. The number of hydrogen-bond acceptors (Lipinski definition) is 5. The normalized spacial score (nSPS) is 19.3. The molecule has 1 atom stereocenters. The maximum absolute atomic E-state index is 12.9. The molecular weight excluding hydrogens is 344 g/mol. The zero-order chi connectivity index (χ0) is 17.2. The van der Waals surface area contributed by atoms with Crippen LogP contribution >= 0.6 is 11.3 Å². The predicted molar refractivity (Wildman–Crippen MR) is 94.3 cm³/mol. The molecule has 1 aliphatic heterocycles. The van der Waals surface area contributed by atoms with Gasteiger partial charge in [0.1, 0.15) is 0 Å². The lowest BCUT2D eigenvalue weighted by Gasteiger charge is -2.25. The van der Waals surface area contributed by atoms with E-state index in [1.165, 1.54) is 4.88 Å². The molecule has 1 aliphatic rings. The Bertz CT molecular complexity index is 815. The quantitative estimate of drug-likeness (QED) is 0.817. The van der Waals surface area contributed by atoms with Crippen molar-refractivity contribution >= 4 is 27.1 Å². The van der Waals surface area contributed by atoms with Crippen LogP contribution in [0.5, 0.6) is 0 Å². The molecule has 0 spiro atoms. The van der Waals surface area contributed by atoms with Crippen LogP contribution in [0, 0.1) is 12.8 Å². The Morgan fingerprint density at radius 1 is 1.25 bits per heavy atom. The standard InChI is InChI=1S/C17H20N2O3S2/c1-13-2-3-16(23-13)11-19(10-14-4-7-18-8-5-14)17(20)15-6-9-24(21,22)12-15/h2-5,7-8,15H,6,9-12H2,1H3. The summed E-state index contributed by atoms with van der Waals surface area (Å²) in [6, 6.07) is 7.82. The van der Waals surface area contributed by atoms with E-state index < -0.39 is 15.8 Å². The lowest BCUT2D eigenvalue weighted by molar-refractivity contribution is -0.136. The molecule has 0 saturated carbocycles. The first-order valence-corrected chi connectivity index (χ1v) is 10.5. The number of rotatable bonds is 5. The molecule has 0 aromatic carbocycles. The number of aryl methyl sites for hydroxylation is 1. The molecule has 3 heterocycles. The largest absolute Gasteiger partial charge is 0.333 e. The van der Waals surface area contributed by atoms with Crippen molar-refractivity contribution in [1.29, 1.82) is 0 Å². The van der Waals surface area contributed by atoms with Crippen LogP contribution in [0.1, 0.15) is 21.7 Å². The minimum Gasteiger partial charge on any atom is -0.333 e. The van der Waals surface area contributed by atoms with Gasteiger partial charge in [0.25, 0.3) is 0 Å². The van der Waals surface area contributed by atoms with Crippen LogP contribution in [0.25, 0.3) is 0 Å². The Kier molecular flexibility index (Phi) is 5.01. The molecule has 1 unspecified atom stereocenters. The fourth-order valence-electron chi connectivity index (χ4n) is 2.93. The van der Waals surface area contributed by atoms with E-state index >= 15 is 0 Å². The molecule has 2 aromatic rings. The minimum absolute atomic E-state index is 0.0256. The maximum atomic E-state index is 12.9. The first-order valence-electron chi connectivity index (χ1n) is 7.86. The average Bonchev–Trinajstić information content (AvgIpc) is 3.12. The highest BCUT2D eigenvalue weighted by atomic mass is 32.2. The summed E-state index contributed by atoms with van der Waals surface area (Å²) in [5, 5.41) is 0. The topological polar surface area (TPSA) is 67.3 Å². The summed E-state index contributed by atoms with van der Waals surface area (Å²) in [5.74, 6) is -0.399. The van der Waals surface area contributed by atoms with Crippen molar-refractivity contribution in [2.45, 2.75) is 26.4 Å². The Morgan fingerprint density at radius 3 is 2.58 bits per heavy atom. The summed E-state index contributed by atoms with van der Waals surface area (Å²) in [5.41, 5.74) is 0.993. The second-order valence-corrected chi connectivity index (χ2v) is 9.76. The van der Waals surface area contributed by atoms with Crippen molar-refractivity contribution in [1.82, 2.24) is 9.88 Å². The summed E-state index contributed by atoms with van der Waals surface area (Å²) in [7, 11) is -3.07. The van der Waals surface area contributed by atoms with Gasteiger partial charge in [0.2, 0.25) is 5.91 Å². The van der Waals surface area contributed by atoms with Crippen molar-refractivity contribution in [2.24, 2.45) is 5.92 Å².